The number of aliphatic hydroxyl groups excluding tert-OH is 2. The molecule has 0 aliphatic carbocycles. The highest BCUT2D eigenvalue weighted by atomic mass is 16.4. The predicted molar refractivity (Wildman–Crippen MR) is 261 cm³/mol. The average molecular weight is 995 g/mol. The van der Waals surface area contributed by atoms with E-state index in [2.05, 4.69) is 41.9 Å². The molecule has 0 unspecified atom stereocenters. The number of hydrogen-bond donors (Lipinski definition) is 18. The summed E-state index contributed by atoms with van der Waals surface area (Å²) in [6.07, 6.45) is -1.12. The van der Waals surface area contributed by atoms with E-state index in [1.54, 1.807) is 0 Å². The number of nitrogens with zero attached hydrogens (tertiary/aromatic N) is 2. The molecule has 27 heteroatoms. The zero-order valence-corrected chi connectivity index (χ0v) is 39.9. The van der Waals surface area contributed by atoms with Crippen molar-refractivity contribution in [2.24, 2.45) is 55.9 Å². The summed E-state index contributed by atoms with van der Waals surface area (Å²) in [5.74, 6) is -7.05. The molecule has 0 aliphatic rings. The number of carbonyl (C=O) groups excluding carboxylic acids is 6. The van der Waals surface area contributed by atoms with Crippen LogP contribution >= 0.6 is 0 Å². The lowest BCUT2D eigenvalue weighted by Gasteiger charge is -2.29. The van der Waals surface area contributed by atoms with Crippen LogP contribution in [0.15, 0.2) is 34.3 Å². The first-order valence-electron chi connectivity index (χ1n) is 23.3. The Balaban J connectivity index is 3.34. The molecule has 0 spiro atoms. The molecule has 1 aromatic carbocycles. The Morgan fingerprint density at radius 2 is 0.986 bits per heavy atom. The van der Waals surface area contributed by atoms with Crippen molar-refractivity contribution < 1.29 is 54.0 Å². The van der Waals surface area contributed by atoms with Crippen LogP contribution in [0, 0.1) is 0 Å². The van der Waals surface area contributed by atoms with Crippen LogP contribution in [0.3, 0.4) is 0 Å². The smallest absolute Gasteiger partial charge is 0.326 e. The molecular formula is C43H78N16O11. The second kappa shape index (κ2) is 34.0. The van der Waals surface area contributed by atoms with Gasteiger partial charge in [0.25, 0.3) is 0 Å². The van der Waals surface area contributed by atoms with Crippen molar-refractivity contribution in [2.45, 2.75) is 145 Å². The van der Waals surface area contributed by atoms with E-state index in [9.17, 15) is 54.0 Å². The molecule has 26 N–H and O–H groups in total. The van der Waals surface area contributed by atoms with Crippen molar-refractivity contribution in [1.29, 1.82) is 0 Å². The third-order valence-electron chi connectivity index (χ3n) is 10.7. The molecule has 0 bridgehead atoms. The number of carbonyl (C=O) groups is 7. The molecule has 0 saturated heterocycles. The molecule has 0 aromatic heterocycles. The fourth-order valence-corrected chi connectivity index (χ4v) is 6.81. The number of aliphatic hydroxyl groups is 2. The first-order chi connectivity index (χ1) is 33.1. The van der Waals surface area contributed by atoms with E-state index in [1.807, 2.05) is 0 Å². The summed E-state index contributed by atoms with van der Waals surface area (Å²) in [4.78, 5) is 102. The van der Waals surface area contributed by atoms with Crippen molar-refractivity contribution in [3.8, 4) is 5.75 Å². The van der Waals surface area contributed by atoms with Gasteiger partial charge in [0, 0.05) is 25.9 Å². The summed E-state index contributed by atoms with van der Waals surface area (Å²) in [5.41, 5.74) is 45.2. The van der Waals surface area contributed by atoms with E-state index in [0.29, 0.717) is 37.8 Å². The van der Waals surface area contributed by atoms with Gasteiger partial charge < -0.3 is 98.2 Å². The van der Waals surface area contributed by atoms with Crippen LogP contribution in [0.2, 0.25) is 0 Å². The monoisotopic (exact) mass is 995 g/mol. The van der Waals surface area contributed by atoms with Gasteiger partial charge >= 0.3 is 5.97 Å². The molecule has 0 saturated carbocycles. The normalized spacial score (nSPS) is 14.9. The molecule has 6 amide bonds. The Morgan fingerprint density at radius 3 is 1.49 bits per heavy atom. The van der Waals surface area contributed by atoms with Crippen LogP contribution in [-0.2, 0) is 40.0 Å². The molecule has 0 radical (unpaired) electrons. The molecule has 396 valence electrons. The first-order valence-corrected chi connectivity index (χ1v) is 23.3. The van der Waals surface area contributed by atoms with Gasteiger partial charge in [-0.25, -0.2) is 4.79 Å². The molecule has 1 aromatic rings. The highest BCUT2D eigenvalue weighted by Crippen LogP contribution is 2.13. The minimum Gasteiger partial charge on any atom is -0.508 e. The maximum Gasteiger partial charge on any atom is 0.326 e. The Hall–Kier alpha value is -6.39. The number of benzene rings is 1. The summed E-state index contributed by atoms with van der Waals surface area (Å²) in [7, 11) is 0. The maximum atomic E-state index is 13.9. The number of aromatic hydroxyl groups is 1. The summed E-state index contributed by atoms with van der Waals surface area (Å²) < 4.78 is 0. The van der Waals surface area contributed by atoms with E-state index in [1.165, 1.54) is 31.2 Å². The fraction of sp³-hybridized carbons (Fsp3) is 0.651. The van der Waals surface area contributed by atoms with Gasteiger partial charge in [-0.2, -0.15) is 0 Å². The number of carboxylic acids is 1. The zero-order chi connectivity index (χ0) is 52.8. The van der Waals surface area contributed by atoms with Gasteiger partial charge in [-0.1, -0.05) is 12.1 Å². The summed E-state index contributed by atoms with van der Waals surface area (Å²) in [5, 5.41) is 56.2. The van der Waals surface area contributed by atoms with Gasteiger partial charge in [-0.15, -0.1) is 0 Å². The Morgan fingerprint density at radius 1 is 0.543 bits per heavy atom. The topological polar surface area (TPSA) is 505 Å². The van der Waals surface area contributed by atoms with Crippen LogP contribution in [0.5, 0.6) is 5.75 Å². The number of phenolic OH excluding ortho intramolecular Hbond substituents is 1. The lowest BCUT2D eigenvalue weighted by molar-refractivity contribution is -0.142. The molecular weight excluding hydrogens is 917 g/mol. The largest absolute Gasteiger partial charge is 0.508 e. The molecule has 27 nitrogen and oxygen atoms in total. The second-order valence-corrected chi connectivity index (χ2v) is 16.8. The van der Waals surface area contributed by atoms with E-state index in [-0.39, 0.29) is 102 Å². The molecule has 0 aliphatic heterocycles. The van der Waals surface area contributed by atoms with E-state index in [4.69, 9.17) is 45.9 Å². The van der Waals surface area contributed by atoms with Crippen LogP contribution in [0.1, 0.15) is 89.5 Å². The summed E-state index contributed by atoms with van der Waals surface area (Å²) in [6, 6.07) is -4.05. The minimum absolute atomic E-state index is 0.0128. The Bertz CT molecular complexity index is 1850. The van der Waals surface area contributed by atoms with E-state index in [0.717, 1.165) is 0 Å². The van der Waals surface area contributed by atoms with Gasteiger partial charge in [0.1, 0.15) is 42.0 Å². The number of amides is 6. The Labute approximate surface area is 407 Å². The molecule has 0 heterocycles. The predicted octanol–water partition coefficient (Wildman–Crippen LogP) is -5.90. The van der Waals surface area contributed by atoms with Crippen molar-refractivity contribution >= 4 is 53.3 Å². The highest BCUT2D eigenvalue weighted by Gasteiger charge is 2.35. The lowest BCUT2D eigenvalue weighted by Crippen LogP contribution is -2.61. The van der Waals surface area contributed by atoms with Gasteiger partial charge in [0.05, 0.1) is 18.2 Å². The molecule has 70 heavy (non-hydrogen) atoms. The standard InChI is InChI=1S/C43H78N16O11/c1-24(60)34(40(68)56-30(10-6-18-45)36(64)54-29(9-2-4-17-44)37(65)58-33(41(69)70)22-25-12-14-26(61)15-13-25)59-38(66)31(11-7-19-46)55-39(67)32(23-27(62)16-21-53-43(50)51)57-35(63)28(47)8-3-5-20-52-42(48)49/h12-15,24,27-34,60-62H,2-11,16-23,44-47H2,1H3,(H,54,64)(H,55,67)(H,56,68)(H,57,63)(H,58,65)(H,59,66)(H,69,70)(H4,48,49,52)(H4,50,51,53)/t24-,27-,28-,29+,30+,31+,32-,33+,34+/m1/s1. The second-order valence-electron chi connectivity index (χ2n) is 16.8. The zero-order valence-electron chi connectivity index (χ0n) is 39.9. The first kappa shape index (κ1) is 61.6. The number of phenols is 1. The SMILES string of the molecule is C[C@@H](O)[C@H](NC(=O)[C@H](CCCN)NC(=O)[C@@H](C[C@H](O)CCN=C(N)N)NC(=O)[C@H](N)CCCCN=C(N)N)C(=O)N[C@@H](CCCN)C(=O)N[C@@H](CCCCN)C(=O)N[C@@H](Cc1ccc(O)cc1)C(=O)O. The van der Waals surface area contributed by atoms with E-state index < -0.39 is 95.9 Å². The fourth-order valence-electron chi connectivity index (χ4n) is 6.81. The summed E-state index contributed by atoms with van der Waals surface area (Å²) in [6.45, 7) is 1.90. The average Bonchev–Trinajstić information content (AvgIpc) is 3.29. The summed E-state index contributed by atoms with van der Waals surface area (Å²) >= 11 is 0. The minimum atomic E-state index is -1.73. The van der Waals surface area contributed by atoms with Gasteiger partial charge in [0.2, 0.25) is 35.4 Å². The van der Waals surface area contributed by atoms with Crippen LogP contribution < -0.4 is 77.8 Å². The molecule has 1 rings (SSSR count). The number of aliphatic carboxylic acids is 1. The number of hydrogen-bond acceptors (Lipinski definition) is 16. The van der Waals surface area contributed by atoms with Gasteiger partial charge in [0.15, 0.2) is 11.9 Å². The number of guanidine groups is 2. The van der Waals surface area contributed by atoms with Crippen molar-refractivity contribution in [3.05, 3.63) is 29.8 Å². The molecule has 9 atom stereocenters. The van der Waals surface area contributed by atoms with Gasteiger partial charge in [-0.05, 0) is 115 Å². The maximum absolute atomic E-state index is 13.9. The quantitative estimate of drug-likeness (QED) is 0.0169. The van der Waals surface area contributed by atoms with Crippen LogP contribution in [-0.4, -0.2) is 161 Å². The van der Waals surface area contributed by atoms with Crippen molar-refractivity contribution in [3.63, 3.8) is 0 Å². The van der Waals surface area contributed by atoms with Crippen LogP contribution in [0.4, 0.5) is 0 Å². The number of unbranched alkanes of at least 4 members (excludes halogenated alkanes) is 2. The van der Waals surface area contributed by atoms with Crippen LogP contribution in [0.25, 0.3) is 0 Å². The van der Waals surface area contributed by atoms with Crippen molar-refractivity contribution in [1.82, 2.24) is 31.9 Å². The number of nitrogens with one attached hydrogen (secondary N) is 6. The number of aliphatic imine (C=N–C) groups is 2. The number of carboxylic acid groups (broad SMARTS) is 1. The van der Waals surface area contributed by atoms with E-state index >= 15 is 0 Å². The Kier molecular flexibility index (Phi) is 29.9. The molecule has 0 fully saturated rings. The van der Waals surface area contributed by atoms with Crippen molar-refractivity contribution in [2.75, 3.05) is 32.7 Å². The number of nitrogens with two attached hydrogens (primary N) is 8. The third kappa shape index (κ3) is 25.3. The highest BCUT2D eigenvalue weighted by molar-refractivity contribution is 5.97. The van der Waals surface area contributed by atoms with Gasteiger partial charge in [-0.3, -0.25) is 38.8 Å². The third-order valence-corrected chi connectivity index (χ3v) is 10.7. The number of rotatable bonds is 36. The lowest BCUT2D eigenvalue weighted by atomic mass is 10.0.